The van der Waals surface area contributed by atoms with Crippen molar-refractivity contribution >= 4 is 54.4 Å². The van der Waals surface area contributed by atoms with Crippen molar-refractivity contribution in [2.45, 2.75) is 12.5 Å². The lowest BCUT2D eigenvalue weighted by molar-refractivity contribution is 0.689. The van der Waals surface area contributed by atoms with Gasteiger partial charge in [0.1, 0.15) is 0 Å². The summed E-state index contributed by atoms with van der Waals surface area (Å²) in [5, 5.41) is 8.09. The van der Waals surface area contributed by atoms with E-state index in [0.29, 0.717) is 5.95 Å². The molecule has 0 saturated carbocycles. The Hall–Kier alpha value is -3.35. The van der Waals surface area contributed by atoms with Crippen molar-refractivity contribution in [1.82, 2.24) is 9.97 Å². The van der Waals surface area contributed by atoms with Crippen molar-refractivity contribution in [3.8, 4) is 11.3 Å². The van der Waals surface area contributed by atoms with Crippen molar-refractivity contribution in [2.75, 3.05) is 5.01 Å². The molecule has 1 aliphatic heterocycles. The molecule has 170 valence electrons. The number of aromatic nitrogens is 2. The van der Waals surface area contributed by atoms with Crippen LogP contribution in [0.25, 0.3) is 22.2 Å². The maximum atomic E-state index is 5.08. The Kier molecular flexibility index (Phi) is 5.92. The van der Waals surface area contributed by atoms with Crippen LogP contribution in [0.5, 0.6) is 0 Å². The molecule has 6 rings (SSSR count). The third-order valence-corrected chi connectivity index (χ3v) is 7.24. The van der Waals surface area contributed by atoms with Crippen LogP contribution in [0.15, 0.2) is 117 Å². The minimum atomic E-state index is -0.00784. The van der Waals surface area contributed by atoms with Gasteiger partial charge in [-0.2, -0.15) is 5.10 Å². The van der Waals surface area contributed by atoms with Gasteiger partial charge >= 0.3 is 0 Å². The van der Waals surface area contributed by atoms with E-state index in [2.05, 4.69) is 98.6 Å². The third-order valence-electron chi connectivity index (χ3n) is 6.19. The molecule has 1 atom stereocenters. The number of rotatable bonds is 4. The predicted octanol–water partition coefficient (Wildman–Crippen LogP) is 8.18. The lowest BCUT2D eigenvalue weighted by Crippen LogP contribution is -2.21. The normalized spacial score (nSPS) is 15.4. The largest absolute Gasteiger partial charge is 0.247 e. The first-order valence-corrected chi connectivity index (χ1v) is 12.9. The Balaban J connectivity index is 1.52. The standard InChI is InChI=1S/C29H20Br2N4/c30-22-14-10-19(11-15-22)26-18-27(20-12-16-23(31)17-13-20)35(34-26)29-32-25-9-5-4-8-24(25)28(33-29)21-6-2-1-3-7-21/h1-17,27H,18H2/t27-/m0/s1. The summed E-state index contributed by atoms with van der Waals surface area (Å²) in [5.41, 5.74) is 6.16. The van der Waals surface area contributed by atoms with Crippen LogP contribution in [0.2, 0.25) is 0 Å². The highest BCUT2D eigenvalue weighted by Gasteiger charge is 2.32. The fraction of sp³-hybridized carbons (Fsp3) is 0.0690. The average molecular weight is 584 g/mol. The summed E-state index contributed by atoms with van der Waals surface area (Å²) in [7, 11) is 0. The molecule has 5 aromatic rings. The highest BCUT2D eigenvalue weighted by atomic mass is 79.9. The fourth-order valence-electron chi connectivity index (χ4n) is 4.44. The predicted molar refractivity (Wildman–Crippen MR) is 150 cm³/mol. The number of halogens is 2. The maximum absolute atomic E-state index is 5.08. The first kappa shape index (κ1) is 22.1. The Morgan fingerprint density at radius 1 is 0.657 bits per heavy atom. The quantitative estimate of drug-likeness (QED) is 0.214. The molecule has 0 unspecified atom stereocenters. The molecule has 35 heavy (non-hydrogen) atoms. The summed E-state index contributed by atoms with van der Waals surface area (Å²) in [5.74, 6) is 0.600. The van der Waals surface area contributed by atoms with Crippen LogP contribution < -0.4 is 5.01 Å². The zero-order valence-electron chi connectivity index (χ0n) is 18.6. The Morgan fingerprint density at radius 2 is 1.31 bits per heavy atom. The lowest BCUT2D eigenvalue weighted by atomic mass is 9.98. The molecular formula is C29H20Br2N4. The lowest BCUT2D eigenvalue weighted by Gasteiger charge is -2.23. The van der Waals surface area contributed by atoms with Gasteiger partial charge in [0, 0.05) is 26.3 Å². The van der Waals surface area contributed by atoms with Gasteiger partial charge in [0.25, 0.3) is 0 Å². The second-order valence-electron chi connectivity index (χ2n) is 8.43. The molecule has 0 saturated heterocycles. The summed E-state index contributed by atoms with van der Waals surface area (Å²) in [6.07, 6.45) is 0.764. The smallest absolute Gasteiger partial charge is 0.223 e. The van der Waals surface area contributed by atoms with Gasteiger partial charge in [-0.05, 0) is 41.5 Å². The van der Waals surface area contributed by atoms with E-state index >= 15 is 0 Å². The number of nitrogens with zero attached hydrogens (tertiary/aromatic N) is 4. The van der Waals surface area contributed by atoms with Gasteiger partial charge in [-0.1, -0.05) is 105 Å². The van der Waals surface area contributed by atoms with E-state index in [9.17, 15) is 0 Å². The maximum Gasteiger partial charge on any atom is 0.247 e. The summed E-state index contributed by atoms with van der Waals surface area (Å²) in [4.78, 5) is 10.0. The monoisotopic (exact) mass is 582 g/mol. The van der Waals surface area contributed by atoms with Crippen LogP contribution in [0.3, 0.4) is 0 Å². The summed E-state index contributed by atoms with van der Waals surface area (Å²) < 4.78 is 2.10. The fourth-order valence-corrected chi connectivity index (χ4v) is 4.97. The number of anilines is 1. The molecule has 0 radical (unpaired) electrons. The van der Waals surface area contributed by atoms with E-state index in [1.165, 1.54) is 5.56 Å². The van der Waals surface area contributed by atoms with E-state index in [1.54, 1.807) is 0 Å². The van der Waals surface area contributed by atoms with Gasteiger partial charge in [0.15, 0.2) is 0 Å². The number of hydrogen-bond donors (Lipinski definition) is 0. The Bertz CT molecular complexity index is 1530. The van der Waals surface area contributed by atoms with Gasteiger partial charge in [-0.3, -0.25) is 0 Å². The summed E-state index contributed by atoms with van der Waals surface area (Å²) in [6.45, 7) is 0. The van der Waals surface area contributed by atoms with Gasteiger partial charge in [0.2, 0.25) is 5.95 Å². The minimum Gasteiger partial charge on any atom is -0.223 e. The van der Waals surface area contributed by atoms with E-state index < -0.39 is 0 Å². The van der Waals surface area contributed by atoms with Gasteiger partial charge < -0.3 is 0 Å². The van der Waals surface area contributed by atoms with Crippen LogP contribution in [-0.4, -0.2) is 15.7 Å². The highest BCUT2D eigenvalue weighted by Crippen LogP contribution is 2.38. The number of hydrazone groups is 1. The zero-order valence-corrected chi connectivity index (χ0v) is 21.8. The SMILES string of the molecule is Brc1ccc(C2=NN(c3nc(-c4ccccc4)c4ccccc4n3)[C@H](c3ccc(Br)cc3)C2)cc1. The van der Waals surface area contributed by atoms with Gasteiger partial charge in [-0.25, -0.2) is 15.0 Å². The molecule has 0 fully saturated rings. The molecule has 0 bridgehead atoms. The third kappa shape index (κ3) is 4.40. The van der Waals surface area contributed by atoms with Crippen molar-refractivity contribution in [2.24, 2.45) is 5.10 Å². The summed E-state index contributed by atoms with van der Waals surface area (Å²) in [6, 6.07) is 35.1. The molecule has 0 amide bonds. The van der Waals surface area contributed by atoms with Crippen LogP contribution >= 0.6 is 31.9 Å². The second kappa shape index (κ2) is 9.36. The number of para-hydroxylation sites is 1. The van der Waals surface area contributed by atoms with Crippen LogP contribution in [0.4, 0.5) is 5.95 Å². The molecule has 0 N–H and O–H groups in total. The van der Waals surface area contributed by atoms with Crippen molar-refractivity contribution in [3.63, 3.8) is 0 Å². The molecule has 0 aliphatic carbocycles. The average Bonchev–Trinajstić information content (AvgIpc) is 3.35. The van der Waals surface area contributed by atoms with Gasteiger partial charge in [-0.15, -0.1) is 0 Å². The van der Waals surface area contributed by atoms with E-state index in [-0.39, 0.29) is 6.04 Å². The van der Waals surface area contributed by atoms with Crippen molar-refractivity contribution < 1.29 is 0 Å². The molecular weight excluding hydrogens is 564 g/mol. The molecule has 1 aromatic heterocycles. The summed E-state index contributed by atoms with van der Waals surface area (Å²) >= 11 is 7.10. The van der Waals surface area contributed by atoms with E-state index in [4.69, 9.17) is 15.1 Å². The van der Waals surface area contributed by atoms with Crippen LogP contribution in [0, 0.1) is 0 Å². The number of fused-ring (bicyclic) bond motifs is 1. The topological polar surface area (TPSA) is 41.4 Å². The molecule has 0 spiro atoms. The molecule has 1 aliphatic rings. The van der Waals surface area contributed by atoms with E-state index in [0.717, 1.165) is 48.8 Å². The Labute approximate surface area is 220 Å². The van der Waals surface area contributed by atoms with Crippen LogP contribution in [-0.2, 0) is 0 Å². The molecule has 2 heterocycles. The zero-order chi connectivity index (χ0) is 23.8. The molecule has 4 aromatic carbocycles. The van der Waals surface area contributed by atoms with E-state index in [1.807, 2.05) is 41.4 Å². The van der Waals surface area contributed by atoms with Gasteiger partial charge in [0.05, 0.1) is 23.0 Å². The first-order valence-electron chi connectivity index (χ1n) is 11.4. The number of benzene rings is 4. The minimum absolute atomic E-state index is 0.00784. The second-order valence-corrected chi connectivity index (χ2v) is 10.3. The van der Waals surface area contributed by atoms with Crippen molar-refractivity contribution in [3.05, 3.63) is 123 Å². The number of hydrogen-bond acceptors (Lipinski definition) is 4. The molecule has 6 heteroatoms. The van der Waals surface area contributed by atoms with Crippen molar-refractivity contribution in [1.29, 1.82) is 0 Å². The Morgan fingerprint density at radius 3 is 2.06 bits per heavy atom. The van der Waals surface area contributed by atoms with Crippen LogP contribution in [0.1, 0.15) is 23.6 Å². The highest BCUT2D eigenvalue weighted by molar-refractivity contribution is 9.10. The molecule has 4 nitrogen and oxygen atoms in total. The first-order chi connectivity index (χ1) is 17.2.